The van der Waals surface area contributed by atoms with Crippen LogP contribution in [0.1, 0.15) is 89.1 Å². The van der Waals surface area contributed by atoms with Crippen LogP contribution in [0.15, 0.2) is 53.1 Å². The van der Waals surface area contributed by atoms with Crippen molar-refractivity contribution < 1.29 is 19.7 Å². The first-order valence-electron chi connectivity index (χ1n) is 11.3. The zero-order valence-electron chi connectivity index (χ0n) is 19.7. The molecule has 1 heterocycles. The summed E-state index contributed by atoms with van der Waals surface area (Å²) >= 11 is 0. The number of carbonyl (C=O) groups is 1. The van der Waals surface area contributed by atoms with Crippen molar-refractivity contribution in [2.24, 2.45) is 0 Å². The van der Waals surface area contributed by atoms with E-state index in [0.717, 1.165) is 25.7 Å². The molecule has 2 rings (SSSR count). The molecule has 1 aromatic rings. The Kier molecular flexibility index (Phi) is 9.12. The average molecular weight is 427 g/mol. The lowest BCUT2D eigenvalue weighted by atomic mass is 9.88. The molecular formula is C27H38O4. The molecule has 1 aliphatic heterocycles. The van der Waals surface area contributed by atoms with Gasteiger partial charge in [-0.15, -0.1) is 0 Å². The summed E-state index contributed by atoms with van der Waals surface area (Å²) in [5.41, 5.74) is 3.66. The summed E-state index contributed by atoms with van der Waals surface area (Å²) in [5.74, 6) is -0.295. The van der Waals surface area contributed by atoms with Crippen molar-refractivity contribution in [3.63, 3.8) is 0 Å². The summed E-state index contributed by atoms with van der Waals surface area (Å²) in [6.07, 6.45) is 10.8. The van der Waals surface area contributed by atoms with Crippen molar-refractivity contribution in [3.8, 4) is 5.75 Å². The number of ether oxygens (including phenoxy) is 1. The van der Waals surface area contributed by atoms with Crippen LogP contribution in [-0.4, -0.2) is 27.9 Å². The molecule has 0 saturated heterocycles. The lowest BCUT2D eigenvalue weighted by Gasteiger charge is -2.32. The van der Waals surface area contributed by atoms with Gasteiger partial charge in [0.25, 0.3) is 0 Å². The molecule has 0 radical (unpaired) electrons. The van der Waals surface area contributed by atoms with Crippen LogP contribution in [0.4, 0.5) is 0 Å². The average Bonchev–Trinajstić information content (AvgIpc) is 2.69. The second kappa shape index (κ2) is 11.3. The summed E-state index contributed by atoms with van der Waals surface area (Å²) in [6, 6.07) is 4.82. The lowest BCUT2D eigenvalue weighted by molar-refractivity contribution is -0.0814. The molecular weight excluding hydrogens is 388 g/mol. The van der Waals surface area contributed by atoms with E-state index < -0.39 is 17.7 Å². The van der Waals surface area contributed by atoms with Gasteiger partial charge in [-0.2, -0.15) is 0 Å². The number of hydrogen-bond acceptors (Lipinski definition) is 4. The fourth-order valence-electron chi connectivity index (χ4n) is 3.78. The highest BCUT2D eigenvalue weighted by atomic mass is 16.6. The maximum absolute atomic E-state index is 13.0. The molecule has 0 spiro atoms. The Morgan fingerprint density at radius 3 is 2.61 bits per heavy atom. The molecule has 0 aromatic heterocycles. The van der Waals surface area contributed by atoms with Gasteiger partial charge in [0, 0.05) is 0 Å². The zero-order valence-corrected chi connectivity index (χ0v) is 19.7. The van der Waals surface area contributed by atoms with E-state index in [0.29, 0.717) is 30.4 Å². The van der Waals surface area contributed by atoms with Gasteiger partial charge in [0.15, 0.2) is 0 Å². The molecule has 0 fully saturated rings. The van der Waals surface area contributed by atoms with Gasteiger partial charge in [-0.05, 0) is 103 Å². The summed E-state index contributed by atoms with van der Waals surface area (Å²) in [4.78, 5) is 13.0. The molecule has 0 saturated carbocycles. The van der Waals surface area contributed by atoms with Crippen LogP contribution in [0.2, 0.25) is 0 Å². The quantitative estimate of drug-likeness (QED) is 0.430. The third-order valence-electron chi connectivity index (χ3n) is 5.96. The Morgan fingerprint density at radius 1 is 1.19 bits per heavy atom. The van der Waals surface area contributed by atoms with Gasteiger partial charge in [-0.25, -0.2) is 4.79 Å². The zero-order chi connectivity index (χ0) is 23.0. The van der Waals surface area contributed by atoms with Crippen molar-refractivity contribution >= 4 is 5.97 Å². The summed E-state index contributed by atoms with van der Waals surface area (Å²) < 4.78 is 5.86. The van der Waals surface area contributed by atoms with E-state index in [1.54, 1.807) is 25.1 Å². The van der Waals surface area contributed by atoms with Gasteiger partial charge in [0.05, 0.1) is 11.2 Å². The molecule has 1 aliphatic rings. The number of benzene rings is 1. The van der Waals surface area contributed by atoms with Crippen molar-refractivity contribution in [1.29, 1.82) is 0 Å². The number of phenolic OH excluding ortho intramolecular Hbond substituents is 1. The van der Waals surface area contributed by atoms with Crippen molar-refractivity contribution in [1.82, 2.24) is 0 Å². The first kappa shape index (κ1) is 24.9. The molecule has 1 aromatic carbocycles. The molecule has 2 atom stereocenters. The predicted molar refractivity (Wildman–Crippen MR) is 126 cm³/mol. The predicted octanol–water partition coefficient (Wildman–Crippen LogP) is 6.42. The third-order valence-corrected chi connectivity index (χ3v) is 5.96. The first-order chi connectivity index (χ1) is 14.6. The molecule has 31 heavy (non-hydrogen) atoms. The van der Waals surface area contributed by atoms with E-state index in [-0.39, 0.29) is 5.75 Å². The Morgan fingerprint density at radius 2 is 1.90 bits per heavy atom. The highest BCUT2D eigenvalue weighted by Crippen LogP contribution is 2.28. The number of cyclic esters (lactones) is 1. The van der Waals surface area contributed by atoms with Gasteiger partial charge in [0.1, 0.15) is 11.9 Å². The maximum Gasteiger partial charge on any atom is 0.338 e. The fraction of sp³-hybridized carbons (Fsp3) is 0.519. The van der Waals surface area contributed by atoms with E-state index in [9.17, 15) is 15.0 Å². The molecule has 170 valence electrons. The highest BCUT2D eigenvalue weighted by Gasteiger charge is 2.34. The van der Waals surface area contributed by atoms with Gasteiger partial charge < -0.3 is 14.9 Å². The van der Waals surface area contributed by atoms with Gasteiger partial charge in [-0.3, -0.25) is 0 Å². The minimum atomic E-state index is -1.13. The van der Waals surface area contributed by atoms with Crippen molar-refractivity contribution in [3.05, 3.63) is 64.3 Å². The molecule has 2 bridgehead atoms. The van der Waals surface area contributed by atoms with E-state index >= 15 is 0 Å². The molecule has 2 N–H and O–H groups in total. The minimum absolute atomic E-state index is 0.172. The number of allylic oxidation sites excluding steroid dienone is 6. The molecule has 0 aliphatic carbocycles. The number of fused-ring (bicyclic) bond motifs is 2. The number of carbonyl (C=O) groups excluding carboxylic acids is 1. The standard InChI is InChI=1S/C27H38O4/c1-19(2)8-7-17-27(5,30)25-16-12-21(4)10-6-9-20(3)11-13-22-18-23(26(29)31-25)14-15-24(22)28/h8,10-11,14-15,18,25,28,30H,6-7,9,12-13,16-17H2,1-5H3/b20-11+,21-10?/t25-,27+/m0/s1. The normalized spacial score (nSPS) is 22.0. The lowest BCUT2D eigenvalue weighted by Crippen LogP contribution is -2.42. The largest absolute Gasteiger partial charge is 0.508 e. The van der Waals surface area contributed by atoms with Crippen LogP contribution >= 0.6 is 0 Å². The van der Waals surface area contributed by atoms with Crippen LogP contribution in [0.5, 0.6) is 5.75 Å². The van der Waals surface area contributed by atoms with Gasteiger partial charge in [0.2, 0.25) is 0 Å². The Bertz CT molecular complexity index is 854. The van der Waals surface area contributed by atoms with E-state index in [1.807, 2.05) is 13.8 Å². The van der Waals surface area contributed by atoms with E-state index in [1.165, 1.54) is 16.7 Å². The Hall–Kier alpha value is -2.33. The number of esters is 1. The van der Waals surface area contributed by atoms with Gasteiger partial charge >= 0.3 is 5.97 Å². The second-order valence-electron chi connectivity index (χ2n) is 9.30. The highest BCUT2D eigenvalue weighted by molar-refractivity contribution is 5.90. The van der Waals surface area contributed by atoms with Crippen LogP contribution in [0.3, 0.4) is 0 Å². The molecule has 4 heteroatoms. The summed E-state index contributed by atoms with van der Waals surface area (Å²) in [5, 5.41) is 21.4. The summed E-state index contributed by atoms with van der Waals surface area (Å²) in [7, 11) is 0. The van der Waals surface area contributed by atoms with Crippen molar-refractivity contribution in [2.75, 3.05) is 0 Å². The number of rotatable bonds is 4. The first-order valence-corrected chi connectivity index (χ1v) is 11.3. The van der Waals surface area contributed by atoms with Crippen LogP contribution in [0.25, 0.3) is 0 Å². The van der Waals surface area contributed by atoms with Crippen LogP contribution in [-0.2, 0) is 11.2 Å². The van der Waals surface area contributed by atoms with Crippen molar-refractivity contribution in [2.45, 2.75) is 91.3 Å². The fourth-order valence-corrected chi connectivity index (χ4v) is 3.78. The number of hydrogen-bond donors (Lipinski definition) is 2. The summed E-state index contributed by atoms with van der Waals surface area (Å²) in [6.45, 7) is 10.0. The molecule has 0 amide bonds. The van der Waals surface area contributed by atoms with Crippen LogP contribution < -0.4 is 0 Å². The van der Waals surface area contributed by atoms with E-state index in [4.69, 9.17) is 4.74 Å². The third kappa shape index (κ3) is 8.02. The molecule has 4 nitrogen and oxygen atoms in total. The van der Waals surface area contributed by atoms with Gasteiger partial charge in [-0.1, -0.05) is 34.9 Å². The number of aliphatic hydroxyl groups is 1. The topological polar surface area (TPSA) is 66.8 Å². The second-order valence-corrected chi connectivity index (χ2v) is 9.30. The number of aromatic hydroxyl groups is 1. The van der Waals surface area contributed by atoms with Crippen LogP contribution in [0, 0.1) is 0 Å². The molecule has 0 unspecified atom stereocenters. The Labute approximate surface area is 187 Å². The van der Waals surface area contributed by atoms with E-state index in [2.05, 4.69) is 32.1 Å². The maximum atomic E-state index is 13.0. The Balaban J connectivity index is 2.33. The SMILES string of the molecule is CC(C)=CCC[C@@](C)(O)[C@@H]1CCC(C)=CCC/C(C)=C/Cc2cc(ccc2O)C(=O)O1. The smallest absolute Gasteiger partial charge is 0.338 e. The minimum Gasteiger partial charge on any atom is -0.508 e. The monoisotopic (exact) mass is 426 g/mol. The number of phenols is 1.